The number of H-pyrrole nitrogens is 1. The molecule has 1 fully saturated rings. The normalized spacial score (nSPS) is 16.9. The summed E-state index contributed by atoms with van der Waals surface area (Å²) in [6, 6.07) is 9.87. The summed E-state index contributed by atoms with van der Waals surface area (Å²) in [5.74, 6) is -0.101. The summed E-state index contributed by atoms with van der Waals surface area (Å²) >= 11 is 0. The van der Waals surface area contributed by atoms with Crippen molar-refractivity contribution in [3.05, 3.63) is 42.9 Å². The summed E-state index contributed by atoms with van der Waals surface area (Å²) < 4.78 is 0. The van der Waals surface area contributed by atoms with E-state index in [1.165, 1.54) is 0 Å². The van der Waals surface area contributed by atoms with E-state index in [4.69, 9.17) is 5.26 Å². The number of likely N-dealkylation sites (tertiary alicyclic amines) is 1. The summed E-state index contributed by atoms with van der Waals surface area (Å²) in [7, 11) is 0. The van der Waals surface area contributed by atoms with Gasteiger partial charge in [0.15, 0.2) is 0 Å². The number of piperidine rings is 1. The fourth-order valence-electron chi connectivity index (χ4n) is 3.58. The first-order valence-electron chi connectivity index (χ1n) is 9.05. The van der Waals surface area contributed by atoms with Crippen molar-refractivity contribution in [2.24, 2.45) is 0 Å². The highest BCUT2D eigenvalue weighted by molar-refractivity contribution is 5.97. The van der Waals surface area contributed by atoms with Crippen LogP contribution in [0.4, 0.5) is 5.69 Å². The van der Waals surface area contributed by atoms with Gasteiger partial charge in [0, 0.05) is 48.7 Å². The third kappa shape index (κ3) is 3.47. The number of rotatable bonds is 4. The Balaban J connectivity index is 1.66. The Kier molecular flexibility index (Phi) is 4.71. The fourth-order valence-corrected chi connectivity index (χ4v) is 3.58. The number of aromatic nitrogens is 3. The van der Waals surface area contributed by atoms with Gasteiger partial charge in [-0.1, -0.05) is 6.07 Å². The zero-order valence-corrected chi connectivity index (χ0v) is 14.9. The smallest absolute Gasteiger partial charge is 0.236 e. The molecule has 4 rings (SSSR count). The quantitative estimate of drug-likeness (QED) is 0.745. The van der Waals surface area contributed by atoms with Gasteiger partial charge in [-0.15, -0.1) is 0 Å². The summed E-state index contributed by atoms with van der Waals surface area (Å²) in [5.41, 5.74) is 3.57. The van der Waals surface area contributed by atoms with Crippen molar-refractivity contribution in [1.82, 2.24) is 19.9 Å². The number of pyridine rings is 2. The molecule has 7 heteroatoms. The maximum atomic E-state index is 12.1. The molecule has 7 nitrogen and oxygen atoms in total. The lowest BCUT2D eigenvalue weighted by Gasteiger charge is -2.34. The van der Waals surface area contributed by atoms with E-state index >= 15 is 0 Å². The molecule has 3 aromatic heterocycles. The molecule has 0 spiro atoms. The van der Waals surface area contributed by atoms with Crippen LogP contribution in [0.1, 0.15) is 19.3 Å². The highest BCUT2D eigenvalue weighted by Crippen LogP contribution is 2.33. The van der Waals surface area contributed by atoms with Crippen molar-refractivity contribution in [2.75, 3.05) is 18.4 Å². The first-order chi connectivity index (χ1) is 13.3. The minimum atomic E-state index is -0.101. The van der Waals surface area contributed by atoms with Crippen LogP contribution in [0.25, 0.3) is 22.3 Å². The number of amides is 1. The van der Waals surface area contributed by atoms with E-state index in [0.29, 0.717) is 13.1 Å². The number of nitriles is 1. The van der Waals surface area contributed by atoms with Gasteiger partial charge < -0.3 is 15.2 Å². The summed E-state index contributed by atoms with van der Waals surface area (Å²) in [5, 5.41) is 13.4. The molecule has 1 unspecified atom stereocenters. The second-order valence-corrected chi connectivity index (χ2v) is 6.66. The lowest BCUT2D eigenvalue weighted by molar-refractivity contribution is -0.131. The highest BCUT2D eigenvalue weighted by Gasteiger charge is 2.25. The molecule has 1 saturated heterocycles. The molecule has 3 aromatic rings. The average Bonchev–Trinajstić information content (AvgIpc) is 3.19. The topological polar surface area (TPSA) is 97.7 Å². The minimum absolute atomic E-state index is 0.0663. The maximum Gasteiger partial charge on any atom is 0.236 e. The van der Waals surface area contributed by atoms with Crippen molar-refractivity contribution < 1.29 is 4.79 Å². The number of hydrogen-bond acceptors (Lipinski definition) is 5. The number of nitrogens with zero attached hydrogens (tertiary/aromatic N) is 4. The Morgan fingerprint density at radius 1 is 1.37 bits per heavy atom. The van der Waals surface area contributed by atoms with Crippen LogP contribution in [0, 0.1) is 11.3 Å². The van der Waals surface area contributed by atoms with Crippen LogP contribution >= 0.6 is 0 Å². The monoisotopic (exact) mass is 360 g/mol. The van der Waals surface area contributed by atoms with Crippen LogP contribution in [0.15, 0.2) is 42.9 Å². The third-order valence-corrected chi connectivity index (χ3v) is 4.88. The van der Waals surface area contributed by atoms with Gasteiger partial charge >= 0.3 is 0 Å². The molecule has 0 saturated carbocycles. The molecule has 0 aliphatic carbocycles. The molecule has 2 N–H and O–H groups in total. The molecule has 0 aromatic carbocycles. The SMILES string of the molecule is N#CCC(=O)N1CCCC(Nc2c(-c3ccccn3)cnc3[nH]ccc23)C1. The Morgan fingerprint density at radius 2 is 2.30 bits per heavy atom. The molecule has 1 aliphatic heterocycles. The van der Waals surface area contributed by atoms with E-state index in [2.05, 4.69) is 20.3 Å². The first-order valence-corrected chi connectivity index (χ1v) is 9.05. The Morgan fingerprint density at radius 3 is 3.11 bits per heavy atom. The number of carbonyl (C=O) groups is 1. The Labute approximate surface area is 157 Å². The second kappa shape index (κ2) is 7.46. The molecule has 1 atom stereocenters. The van der Waals surface area contributed by atoms with Crippen LogP contribution in [0.5, 0.6) is 0 Å². The lowest BCUT2D eigenvalue weighted by Crippen LogP contribution is -2.45. The van der Waals surface area contributed by atoms with Gasteiger partial charge in [-0.05, 0) is 31.0 Å². The standard InChI is InChI=1S/C20H20N6O/c21-8-6-18(27)26-11-3-4-14(13-26)25-19-15-7-10-23-20(15)24-12-16(19)17-5-1-2-9-22-17/h1-2,5,7,9-10,12,14H,3-4,6,11,13H2,(H2,23,24,25). The van der Waals surface area contributed by atoms with Gasteiger partial charge in [0.05, 0.1) is 17.5 Å². The lowest BCUT2D eigenvalue weighted by atomic mass is 10.0. The summed E-state index contributed by atoms with van der Waals surface area (Å²) in [4.78, 5) is 26.0. The molecule has 1 amide bonds. The molecule has 136 valence electrons. The number of carbonyl (C=O) groups excluding carboxylic acids is 1. The van der Waals surface area contributed by atoms with E-state index in [1.54, 1.807) is 11.1 Å². The number of aromatic amines is 1. The maximum absolute atomic E-state index is 12.1. The van der Waals surface area contributed by atoms with E-state index in [-0.39, 0.29) is 18.4 Å². The van der Waals surface area contributed by atoms with Crippen LogP contribution < -0.4 is 5.32 Å². The van der Waals surface area contributed by atoms with Crippen LogP contribution in [0.3, 0.4) is 0 Å². The van der Waals surface area contributed by atoms with Crippen molar-refractivity contribution in [1.29, 1.82) is 5.26 Å². The molecule has 27 heavy (non-hydrogen) atoms. The van der Waals surface area contributed by atoms with Gasteiger partial charge in [0.2, 0.25) is 5.91 Å². The van der Waals surface area contributed by atoms with E-state index < -0.39 is 0 Å². The Bertz CT molecular complexity index is 991. The second-order valence-electron chi connectivity index (χ2n) is 6.66. The number of nitrogens with one attached hydrogen (secondary N) is 2. The Hall–Kier alpha value is -3.40. The van der Waals surface area contributed by atoms with Crippen molar-refractivity contribution >= 4 is 22.6 Å². The zero-order chi connectivity index (χ0) is 18.6. The molecule has 0 radical (unpaired) electrons. The van der Waals surface area contributed by atoms with Crippen molar-refractivity contribution in [3.63, 3.8) is 0 Å². The van der Waals surface area contributed by atoms with Gasteiger partial charge in [0.1, 0.15) is 12.1 Å². The van der Waals surface area contributed by atoms with Crippen molar-refractivity contribution in [2.45, 2.75) is 25.3 Å². The molecular weight excluding hydrogens is 340 g/mol. The van der Waals surface area contributed by atoms with E-state index in [0.717, 1.165) is 40.8 Å². The van der Waals surface area contributed by atoms with E-state index in [9.17, 15) is 4.79 Å². The minimum Gasteiger partial charge on any atom is -0.379 e. The summed E-state index contributed by atoms with van der Waals surface area (Å²) in [6.07, 6.45) is 7.27. The predicted molar refractivity (Wildman–Crippen MR) is 103 cm³/mol. The van der Waals surface area contributed by atoms with Crippen LogP contribution in [0.2, 0.25) is 0 Å². The van der Waals surface area contributed by atoms with E-state index in [1.807, 2.05) is 42.7 Å². The largest absolute Gasteiger partial charge is 0.379 e. The number of hydrogen-bond donors (Lipinski definition) is 2. The van der Waals surface area contributed by atoms with Gasteiger partial charge in [-0.2, -0.15) is 5.26 Å². The summed E-state index contributed by atoms with van der Waals surface area (Å²) in [6.45, 7) is 1.30. The van der Waals surface area contributed by atoms with Crippen LogP contribution in [-0.4, -0.2) is 44.9 Å². The first kappa shape index (κ1) is 17.0. The van der Waals surface area contributed by atoms with Gasteiger partial charge in [-0.25, -0.2) is 4.98 Å². The fraction of sp³-hybridized carbons (Fsp3) is 0.300. The van der Waals surface area contributed by atoms with Crippen LogP contribution in [-0.2, 0) is 4.79 Å². The highest BCUT2D eigenvalue weighted by atomic mass is 16.2. The zero-order valence-electron chi connectivity index (χ0n) is 14.9. The average molecular weight is 360 g/mol. The predicted octanol–water partition coefficient (Wildman–Crippen LogP) is 2.94. The number of fused-ring (bicyclic) bond motifs is 1. The van der Waals surface area contributed by atoms with Gasteiger partial charge in [0.25, 0.3) is 0 Å². The molecule has 0 bridgehead atoms. The third-order valence-electron chi connectivity index (χ3n) is 4.88. The molecular formula is C20H20N6O. The van der Waals surface area contributed by atoms with Crippen molar-refractivity contribution in [3.8, 4) is 17.3 Å². The molecule has 4 heterocycles. The van der Waals surface area contributed by atoms with Gasteiger partial charge in [-0.3, -0.25) is 9.78 Å². The number of anilines is 1. The molecule has 1 aliphatic rings.